The molecule has 3 aromatic rings. The lowest BCUT2D eigenvalue weighted by Gasteiger charge is -2.19. The Kier molecular flexibility index (Phi) is 7.36. The van der Waals surface area contributed by atoms with Crippen LogP contribution in [0.15, 0.2) is 60.9 Å². The predicted octanol–water partition coefficient (Wildman–Crippen LogP) is 4.82. The van der Waals surface area contributed by atoms with Crippen LogP contribution in [0.1, 0.15) is 31.7 Å². The topological polar surface area (TPSA) is 53.9 Å². The molecule has 146 valence electrons. The van der Waals surface area contributed by atoms with E-state index in [9.17, 15) is 0 Å². The molecule has 0 bridgehead atoms. The SMILES string of the molecule is CCCCCNc1cc(-c2ccccc2)nc(N(C)CCc2ccncc2)n1. The maximum atomic E-state index is 4.82. The summed E-state index contributed by atoms with van der Waals surface area (Å²) in [6, 6.07) is 16.4. The average molecular weight is 376 g/mol. The number of hydrogen-bond acceptors (Lipinski definition) is 5. The smallest absolute Gasteiger partial charge is 0.227 e. The Bertz CT molecular complexity index is 836. The van der Waals surface area contributed by atoms with E-state index < -0.39 is 0 Å². The van der Waals surface area contributed by atoms with Crippen molar-refractivity contribution in [1.29, 1.82) is 0 Å². The third-order valence-corrected chi connectivity index (χ3v) is 4.70. The fourth-order valence-corrected chi connectivity index (χ4v) is 2.99. The van der Waals surface area contributed by atoms with E-state index in [0.29, 0.717) is 0 Å². The molecule has 0 radical (unpaired) electrons. The second-order valence-corrected chi connectivity index (χ2v) is 6.97. The fourth-order valence-electron chi connectivity index (χ4n) is 2.99. The molecule has 1 aromatic carbocycles. The van der Waals surface area contributed by atoms with Crippen LogP contribution in [-0.2, 0) is 6.42 Å². The van der Waals surface area contributed by atoms with Gasteiger partial charge in [0.25, 0.3) is 0 Å². The molecule has 1 N–H and O–H groups in total. The highest BCUT2D eigenvalue weighted by atomic mass is 15.2. The van der Waals surface area contributed by atoms with E-state index in [1.165, 1.54) is 18.4 Å². The van der Waals surface area contributed by atoms with Gasteiger partial charge in [0.05, 0.1) is 5.69 Å². The summed E-state index contributed by atoms with van der Waals surface area (Å²) in [5.74, 6) is 1.63. The largest absolute Gasteiger partial charge is 0.370 e. The average Bonchev–Trinajstić information content (AvgIpc) is 2.76. The Labute approximate surface area is 167 Å². The number of nitrogens with one attached hydrogen (secondary N) is 1. The van der Waals surface area contributed by atoms with E-state index in [-0.39, 0.29) is 0 Å². The highest BCUT2D eigenvalue weighted by Gasteiger charge is 2.10. The minimum Gasteiger partial charge on any atom is -0.370 e. The minimum atomic E-state index is 0.744. The zero-order chi connectivity index (χ0) is 19.6. The van der Waals surface area contributed by atoms with Crippen molar-refractivity contribution in [2.75, 3.05) is 30.4 Å². The van der Waals surface area contributed by atoms with Crippen molar-refractivity contribution >= 4 is 11.8 Å². The number of benzene rings is 1. The first-order valence-corrected chi connectivity index (χ1v) is 10.0. The molecular weight excluding hydrogens is 346 g/mol. The van der Waals surface area contributed by atoms with Crippen molar-refractivity contribution in [3.8, 4) is 11.3 Å². The number of aromatic nitrogens is 3. The van der Waals surface area contributed by atoms with E-state index in [0.717, 1.165) is 49.0 Å². The molecule has 5 heteroatoms. The van der Waals surface area contributed by atoms with Gasteiger partial charge >= 0.3 is 0 Å². The van der Waals surface area contributed by atoms with Gasteiger partial charge in [-0.05, 0) is 30.5 Å². The van der Waals surface area contributed by atoms with E-state index in [1.54, 1.807) is 0 Å². The van der Waals surface area contributed by atoms with Crippen LogP contribution in [-0.4, -0.2) is 35.1 Å². The van der Waals surface area contributed by atoms with Crippen LogP contribution in [0.5, 0.6) is 0 Å². The second-order valence-electron chi connectivity index (χ2n) is 6.97. The van der Waals surface area contributed by atoms with Gasteiger partial charge in [-0.15, -0.1) is 0 Å². The maximum absolute atomic E-state index is 4.82. The molecule has 5 nitrogen and oxygen atoms in total. The first-order valence-electron chi connectivity index (χ1n) is 10.0. The van der Waals surface area contributed by atoms with Crippen molar-refractivity contribution < 1.29 is 0 Å². The highest BCUT2D eigenvalue weighted by Crippen LogP contribution is 2.22. The van der Waals surface area contributed by atoms with E-state index >= 15 is 0 Å². The van der Waals surface area contributed by atoms with Gasteiger partial charge in [0.1, 0.15) is 5.82 Å². The summed E-state index contributed by atoms with van der Waals surface area (Å²) in [6.45, 7) is 3.99. The number of anilines is 2. The van der Waals surface area contributed by atoms with E-state index in [1.807, 2.05) is 43.7 Å². The molecule has 0 amide bonds. The lowest BCUT2D eigenvalue weighted by Crippen LogP contribution is -2.23. The van der Waals surface area contributed by atoms with Crippen LogP contribution < -0.4 is 10.2 Å². The first kappa shape index (κ1) is 19.8. The van der Waals surface area contributed by atoms with Crippen molar-refractivity contribution in [1.82, 2.24) is 15.0 Å². The summed E-state index contributed by atoms with van der Waals surface area (Å²) in [4.78, 5) is 15.8. The molecule has 0 fully saturated rings. The summed E-state index contributed by atoms with van der Waals surface area (Å²) >= 11 is 0. The number of nitrogens with zero attached hydrogens (tertiary/aromatic N) is 4. The summed E-state index contributed by atoms with van der Waals surface area (Å²) in [7, 11) is 2.05. The molecule has 0 aliphatic rings. The van der Waals surface area contributed by atoms with Gasteiger partial charge in [0.15, 0.2) is 0 Å². The Morgan fingerprint density at radius 2 is 1.75 bits per heavy atom. The minimum absolute atomic E-state index is 0.744. The number of rotatable bonds is 10. The van der Waals surface area contributed by atoms with Gasteiger partial charge in [-0.3, -0.25) is 4.98 Å². The van der Waals surface area contributed by atoms with Gasteiger partial charge in [0.2, 0.25) is 5.95 Å². The van der Waals surface area contributed by atoms with Crippen molar-refractivity contribution in [3.05, 3.63) is 66.5 Å². The molecule has 2 heterocycles. The summed E-state index contributed by atoms with van der Waals surface area (Å²) in [5, 5.41) is 3.47. The normalized spacial score (nSPS) is 10.6. The Hall–Kier alpha value is -2.95. The predicted molar refractivity (Wildman–Crippen MR) is 117 cm³/mol. The van der Waals surface area contributed by atoms with Crippen LogP contribution in [0.2, 0.25) is 0 Å². The molecule has 0 aliphatic carbocycles. The Morgan fingerprint density at radius 3 is 2.50 bits per heavy atom. The molecule has 0 atom stereocenters. The Morgan fingerprint density at radius 1 is 0.964 bits per heavy atom. The molecule has 0 spiro atoms. The van der Waals surface area contributed by atoms with E-state index in [2.05, 4.69) is 46.4 Å². The van der Waals surface area contributed by atoms with Gasteiger partial charge in [-0.1, -0.05) is 50.1 Å². The molecule has 0 unspecified atom stereocenters. The van der Waals surface area contributed by atoms with Crippen molar-refractivity contribution in [2.24, 2.45) is 0 Å². The fraction of sp³-hybridized carbons (Fsp3) is 0.348. The lowest BCUT2D eigenvalue weighted by atomic mass is 10.1. The van der Waals surface area contributed by atoms with Gasteiger partial charge in [-0.2, -0.15) is 4.98 Å². The summed E-state index contributed by atoms with van der Waals surface area (Å²) in [6.07, 6.45) is 8.18. The monoisotopic (exact) mass is 375 g/mol. The van der Waals surface area contributed by atoms with Crippen LogP contribution in [0.4, 0.5) is 11.8 Å². The number of hydrogen-bond donors (Lipinski definition) is 1. The van der Waals surface area contributed by atoms with Crippen molar-refractivity contribution in [2.45, 2.75) is 32.6 Å². The van der Waals surface area contributed by atoms with Crippen LogP contribution in [0.3, 0.4) is 0 Å². The van der Waals surface area contributed by atoms with Gasteiger partial charge < -0.3 is 10.2 Å². The third kappa shape index (κ3) is 5.78. The quantitative estimate of drug-likeness (QED) is 0.515. The molecule has 28 heavy (non-hydrogen) atoms. The van der Waals surface area contributed by atoms with Crippen LogP contribution >= 0.6 is 0 Å². The molecule has 0 saturated carbocycles. The first-order chi connectivity index (χ1) is 13.8. The lowest BCUT2D eigenvalue weighted by molar-refractivity contribution is 0.741. The molecule has 2 aromatic heterocycles. The third-order valence-electron chi connectivity index (χ3n) is 4.70. The summed E-state index contributed by atoms with van der Waals surface area (Å²) < 4.78 is 0. The van der Waals surface area contributed by atoms with Crippen LogP contribution in [0, 0.1) is 0 Å². The maximum Gasteiger partial charge on any atom is 0.227 e. The molecular formula is C23H29N5. The Balaban J connectivity index is 1.77. The van der Waals surface area contributed by atoms with E-state index in [4.69, 9.17) is 9.97 Å². The van der Waals surface area contributed by atoms with Crippen LogP contribution in [0.25, 0.3) is 11.3 Å². The standard InChI is InChI=1S/C23H29N5/c1-3-4-8-14-25-22-18-21(20-9-6-5-7-10-20)26-23(27-22)28(2)17-13-19-11-15-24-16-12-19/h5-7,9-12,15-16,18H,3-4,8,13-14,17H2,1-2H3,(H,25,26,27). The molecule has 0 aliphatic heterocycles. The number of pyridine rings is 1. The summed E-state index contributed by atoms with van der Waals surface area (Å²) in [5.41, 5.74) is 3.31. The number of unbranched alkanes of at least 4 members (excludes halogenated alkanes) is 2. The number of likely N-dealkylation sites (N-methyl/N-ethyl adjacent to an activating group) is 1. The van der Waals surface area contributed by atoms with Crippen molar-refractivity contribution in [3.63, 3.8) is 0 Å². The van der Waals surface area contributed by atoms with Gasteiger partial charge in [0, 0.05) is 44.2 Å². The molecule has 0 saturated heterocycles. The highest BCUT2D eigenvalue weighted by molar-refractivity contribution is 5.64. The second kappa shape index (κ2) is 10.4. The molecule has 3 rings (SSSR count). The van der Waals surface area contributed by atoms with Gasteiger partial charge in [-0.25, -0.2) is 4.98 Å². The zero-order valence-electron chi connectivity index (χ0n) is 16.8. The zero-order valence-corrected chi connectivity index (χ0v) is 16.8.